The molecule has 1 aliphatic heterocycles. The normalized spacial score (nSPS) is 15.9. The van der Waals surface area contributed by atoms with E-state index in [0.717, 1.165) is 35.5 Å². The lowest BCUT2D eigenvalue weighted by Gasteiger charge is -2.16. The molecule has 1 aliphatic rings. The summed E-state index contributed by atoms with van der Waals surface area (Å²) in [5.41, 5.74) is 1.90. The minimum atomic E-state index is -0.0700. The molecule has 3 aromatic rings. The van der Waals surface area contributed by atoms with E-state index in [2.05, 4.69) is 17.1 Å². The zero-order chi connectivity index (χ0) is 22.3. The van der Waals surface area contributed by atoms with E-state index >= 15 is 0 Å². The molecule has 0 radical (unpaired) electrons. The van der Waals surface area contributed by atoms with Gasteiger partial charge in [-0.1, -0.05) is 30.6 Å². The first kappa shape index (κ1) is 21.9. The van der Waals surface area contributed by atoms with Crippen molar-refractivity contribution in [2.45, 2.75) is 45.6 Å². The van der Waals surface area contributed by atoms with Gasteiger partial charge < -0.3 is 18.9 Å². The van der Waals surface area contributed by atoms with Crippen LogP contribution in [-0.2, 0) is 11.3 Å². The summed E-state index contributed by atoms with van der Waals surface area (Å²) in [6, 6.07) is 15.5. The van der Waals surface area contributed by atoms with Crippen molar-refractivity contribution in [3.63, 3.8) is 0 Å². The van der Waals surface area contributed by atoms with Crippen LogP contribution in [0.1, 0.15) is 50.4 Å². The van der Waals surface area contributed by atoms with Gasteiger partial charge in [-0.25, -0.2) is 0 Å². The van der Waals surface area contributed by atoms with Crippen molar-refractivity contribution in [1.29, 1.82) is 0 Å². The monoisotopic (exact) mass is 435 g/mol. The van der Waals surface area contributed by atoms with Gasteiger partial charge in [0.25, 0.3) is 5.89 Å². The lowest BCUT2D eigenvalue weighted by molar-refractivity contribution is -0.128. The number of likely N-dealkylation sites (tertiary alicyclic amines) is 1. The van der Waals surface area contributed by atoms with Gasteiger partial charge in [0, 0.05) is 31.0 Å². The van der Waals surface area contributed by atoms with Gasteiger partial charge in [0.1, 0.15) is 11.5 Å². The Morgan fingerprint density at radius 3 is 2.47 bits per heavy atom. The van der Waals surface area contributed by atoms with Gasteiger partial charge >= 0.3 is 0 Å². The molecule has 2 aromatic carbocycles. The van der Waals surface area contributed by atoms with E-state index in [-0.39, 0.29) is 11.8 Å². The van der Waals surface area contributed by atoms with Crippen LogP contribution in [0.2, 0.25) is 0 Å². The Morgan fingerprint density at radius 2 is 1.75 bits per heavy atom. The number of aromatic nitrogens is 2. The Hall–Kier alpha value is -3.35. The highest BCUT2D eigenvalue weighted by molar-refractivity contribution is 5.79. The lowest BCUT2D eigenvalue weighted by atomic mass is 10.1. The second-order valence-corrected chi connectivity index (χ2v) is 7.94. The Morgan fingerprint density at radius 1 is 1.03 bits per heavy atom. The topological polar surface area (TPSA) is 77.7 Å². The van der Waals surface area contributed by atoms with E-state index in [1.165, 1.54) is 0 Å². The zero-order valence-electron chi connectivity index (χ0n) is 18.6. The standard InChI is InChI=1S/C25H29N3O4/c1-3-5-14-31-22-12-8-19(9-13-22)25-26-24(27-32-25)20-15-23(29)28(17-20)16-18-6-10-21(11-7-18)30-4-2/h6-13,20H,3-5,14-17H2,1-2H3. The average molecular weight is 436 g/mol. The third kappa shape index (κ3) is 5.28. The van der Waals surface area contributed by atoms with Gasteiger partial charge in [0.15, 0.2) is 5.82 Å². The number of benzene rings is 2. The number of hydrogen-bond acceptors (Lipinski definition) is 6. The van der Waals surface area contributed by atoms with Crippen molar-refractivity contribution in [2.75, 3.05) is 19.8 Å². The Bertz CT molecular complexity index is 1010. The van der Waals surface area contributed by atoms with E-state index in [4.69, 9.17) is 14.0 Å². The van der Waals surface area contributed by atoms with Crippen molar-refractivity contribution in [3.05, 3.63) is 59.9 Å². The number of carbonyl (C=O) groups excluding carboxylic acids is 1. The van der Waals surface area contributed by atoms with Gasteiger partial charge in [-0.3, -0.25) is 4.79 Å². The van der Waals surface area contributed by atoms with Crippen molar-refractivity contribution < 1.29 is 18.8 Å². The highest BCUT2D eigenvalue weighted by Gasteiger charge is 2.33. The van der Waals surface area contributed by atoms with Crippen molar-refractivity contribution in [3.8, 4) is 23.0 Å². The van der Waals surface area contributed by atoms with Crippen LogP contribution in [-0.4, -0.2) is 40.7 Å². The molecule has 7 nitrogen and oxygen atoms in total. The van der Waals surface area contributed by atoms with Gasteiger partial charge in [0.05, 0.1) is 13.2 Å². The van der Waals surface area contributed by atoms with E-state index in [0.29, 0.717) is 44.4 Å². The number of hydrogen-bond donors (Lipinski definition) is 0. The van der Waals surface area contributed by atoms with Crippen LogP contribution < -0.4 is 9.47 Å². The minimum absolute atomic E-state index is 0.0700. The number of unbranched alkanes of at least 4 members (excludes halogenated alkanes) is 1. The SMILES string of the molecule is CCCCOc1ccc(-c2nc(C3CC(=O)N(Cc4ccc(OCC)cc4)C3)no2)cc1. The van der Waals surface area contributed by atoms with E-state index in [1.807, 2.05) is 60.4 Å². The summed E-state index contributed by atoms with van der Waals surface area (Å²) in [6.07, 6.45) is 2.52. The maximum absolute atomic E-state index is 12.6. The molecule has 0 spiro atoms. The van der Waals surface area contributed by atoms with Crippen LogP contribution in [0.4, 0.5) is 0 Å². The molecule has 32 heavy (non-hydrogen) atoms. The fraction of sp³-hybridized carbons (Fsp3) is 0.400. The summed E-state index contributed by atoms with van der Waals surface area (Å²) in [6.45, 7) is 6.58. The zero-order valence-corrected chi connectivity index (χ0v) is 18.6. The average Bonchev–Trinajstić information content (AvgIpc) is 3.43. The smallest absolute Gasteiger partial charge is 0.257 e. The third-order valence-corrected chi connectivity index (χ3v) is 5.50. The third-order valence-electron chi connectivity index (χ3n) is 5.50. The second-order valence-electron chi connectivity index (χ2n) is 7.94. The summed E-state index contributed by atoms with van der Waals surface area (Å²) < 4.78 is 16.7. The highest BCUT2D eigenvalue weighted by atomic mass is 16.5. The number of ether oxygens (including phenoxy) is 2. The van der Waals surface area contributed by atoms with Gasteiger partial charge in [0.2, 0.25) is 5.91 Å². The molecule has 7 heteroatoms. The first-order valence-corrected chi connectivity index (χ1v) is 11.2. The molecular weight excluding hydrogens is 406 g/mol. The molecular formula is C25H29N3O4. The van der Waals surface area contributed by atoms with E-state index in [9.17, 15) is 4.79 Å². The minimum Gasteiger partial charge on any atom is -0.494 e. The van der Waals surface area contributed by atoms with Crippen LogP contribution >= 0.6 is 0 Å². The molecule has 0 aliphatic carbocycles. The quantitative estimate of drug-likeness (QED) is 0.425. The maximum atomic E-state index is 12.6. The van der Waals surface area contributed by atoms with Gasteiger partial charge in [-0.2, -0.15) is 4.98 Å². The Kier molecular flexibility index (Phi) is 7.04. The number of amides is 1. The summed E-state index contributed by atoms with van der Waals surface area (Å²) >= 11 is 0. The largest absolute Gasteiger partial charge is 0.494 e. The van der Waals surface area contributed by atoms with Crippen LogP contribution in [0.5, 0.6) is 11.5 Å². The summed E-state index contributed by atoms with van der Waals surface area (Å²) in [5, 5.41) is 4.15. The predicted molar refractivity (Wildman–Crippen MR) is 121 cm³/mol. The molecule has 4 rings (SSSR count). The number of rotatable bonds is 10. The van der Waals surface area contributed by atoms with E-state index in [1.54, 1.807) is 0 Å². The molecule has 1 aromatic heterocycles. The maximum Gasteiger partial charge on any atom is 0.257 e. The summed E-state index contributed by atoms with van der Waals surface area (Å²) in [5.74, 6) is 2.72. The summed E-state index contributed by atoms with van der Waals surface area (Å²) in [4.78, 5) is 19.0. The first-order chi connectivity index (χ1) is 15.7. The molecule has 1 unspecified atom stereocenters. The van der Waals surface area contributed by atoms with Gasteiger partial charge in [-0.05, 0) is 55.3 Å². The number of nitrogens with zero attached hydrogens (tertiary/aromatic N) is 3. The molecule has 1 atom stereocenters. The van der Waals surface area contributed by atoms with E-state index < -0.39 is 0 Å². The molecule has 0 bridgehead atoms. The fourth-order valence-corrected chi connectivity index (χ4v) is 3.72. The molecule has 168 valence electrons. The molecule has 0 saturated carbocycles. The fourth-order valence-electron chi connectivity index (χ4n) is 3.72. The Labute approximate surface area is 188 Å². The van der Waals surface area contributed by atoms with Crippen molar-refractivity contribution in [1.82, 2.24) is 15.0 Å². The molecule has 2 heterocycles. The van der Waals surface area contributed by atoms with Crippen molar-refractivity contribution >= 4 is 5.91 Å². The van der Waals surface area contributed by atoms with Crippen LogP contribution in [0, 0.1) is 0 Å². The van der Waals surface area contributed by atoms with Crippen LogP contribution in [0.15, 0.2) is 53.1 Å². The molecule has 0 N–H and O–H groups in total. The summed E-state index contributed by atoms with van der Waals surface area (Å²) in [7, 11) is 0. The van der Waals surface area contributed by atoms with Crippen LogP contribution in [0.3, 0.4) is 0 Å². The van der Waals surface area contributed by atoms with Gasteiger partial charge in [-0.15, -0.1) is 0 Å². The second kappa shape index (κ2) is 10.3. The highest BCUT2D eigenvalue weighted by Crippen LogP contribution is 2.30. The Balaban J connectivity index is 1.36. The molecule has 1 saturated heterocycles. The number of carbonyl (C=O) groups is 1. The van der Waals surface area contributed by atoms with Crippen LogP contribution in [0.25, 0.3) is 11.5 Å². The molecule has 1 amide bonds. The lowest BCUT2D eigenvalue weighted by Crippen LogP contribution is -2.24. The first-order valence-electron chi connectivity index (χ1n) is 11.2. The van der Waals surface area contributed by atoms with Crippen molar-refractivity contribution in [2.24, 2.45) is 0 Å². The molecule has 1 fully saturated rings. The predicted octanol–water partition coefficient (Wildman–Crippen LogP) is 4.83.